The molecule has 0 aromatic heterocycles. The first-order valence-corrected chi connectivity index (χ1v) is 9.98. The molecule has 1 saturated heterocycles. The Kier molecular flexibility index (Phi) is 7.08. The molecule has 0 spiro atoms. The number of urea groups is 1. The summed E-state index contributed by atoms with van der Waals surface area (Å²) in [4.78, 5) is 25.7. The van der Waals surface area contributed by atoms with E-state index in [0.717, 1.165) is 31.4 Å². The Morgan fingerprint density at radius 2 is 1.89 bits per heavy atom. The Morgan fingerprint density at radius 1 is 1.26 bits per heavy atom. The number of benzene rings is 1. The topological polar surface area (TPSA) is 69.6 Å². The molecular formula is C19H26F2N2O3S. The average molecular weight is 400 g/mol. The molecule has 0 radical (unpaired) electrons. The van der Waals surface area contributed by atoms with Crippen LogP contribution in [0, 0.1) is 11.6 Å². The number of para-hydroxylation sites is 1. The molecule has 2 N–H and O–H groups in total. The van der Waals surface area contributed by atoms with Gasteiger partial charge in [-0.15, -0.1) is 11.8 Å². The zero-order chi connectivity index (χ0) is 20.2. The highest BCUT2D eigenvalue weighted by atomic mass is 32.2. The van der Waals surface area contributed by atoms with Crippen molar-refractivity contribution < 1.29 is 23.5 Å². The number of thioether (sulfide) groups is 1. The maximum absolute atomic E-state index is 13.9. The van der Waals surface area contributed by atoms with Gasteiger partial charge in [0.1, 0.15) is 17.3 Å². The normalized spacial score (nSPS) is 21.3. The van der Waals surface area contributed by atoms with Gasteiger partial charge in [-0.05, 0) is 32.4 Å². The smallest absolute Gasteiger partial charge is 0.323 e. The molecule has 0 saturated carbocycles. The van der Waals surface area contributed by atoms with E-state index in [2.05, 4.69) is 12.2 Å². The number of nitrogens with zero attached hydrogens (tertiary/aromatic N) is 1. The van der Waals surface area contributed by atoms with Crippen LogP contribution in [-0.2, 0) is 4.79 Å². The molecule has 1 aliphatic heterocycles. The standard InChI is InChI=1S/C19H26F2N2O3S/c1-4-5-6-10-15-23(14(11-16(24)25)19(2,3)27-15)18(26)22-17-12(20)8-7-9-13(17)21/h7-9,14-15H,4-6,10-11H2,1-3H3,(H,22,26)(H,24,25). The number of halogens is 2. The summed E-state index contributed by atoms with van der Waals surface area (Å²) in [6, 6.07) is 2.09. The van der Waals surface area contributed by atoms with Crippen molar-refractivity contribution in [2.75, 3.05) is 5.32 Å². The van der Waals surface area contributed by atoms with Gasteiger partial charge >= 0.3 is 12.0 Å². The lowest BCUT2D eigenvalue weighted by atomic mass is 9.98. The van der Waals surface area contributed by atoms with Crippen LogP contribution in [0.4, 0.5) is 19.3 Å². The maximum Gasteiger partial charge on any atom is 0.323 e. The largest absolute Gasteiger partial charge is 0.481 e. The summed E-state index contributed by atoms with van der Waals surface area (Å²) in [5, 5.41) is 11.4. The van der Waals surface area contributed by atoms with E-state index in [9.17, 15) is 23.5 Å². The minimum Gasteiger partial charge on any atom is -0.481 e. The molecule has 1 aromatic carbocycles. The van der Waals surface area contributed by atoms with Gasteiger partial charge in [0.2, 0.25) is 0 Å². The molecule has 0 aliphatic carbocycles. The Bertz CT molecular complexity index is 679. The number of unbranched alkanes of at least 4 members (excludes halogenated alkanes) is 2. The number of rotatable bonds is 7. The molecule has 5 nitrogen and oxygen atoms in total. The van der Waals surface area contributed by atoms with Gasteiger partial charge in [0.05, 0.1) is 17.8 Å². The van der Waals surface area contributed by atoms with Crippen LogP contribution in [0.1, 0.15) is 52.9 Å². The Labute approximate surface area is 162 Å². The van der Waals surface area contributed by atoms with Crippen molar-refractivity contribution in [1.82, 2.24) is 4.90 Å². The third kappa shape index (κ3) is 5.12. The lowest BCUT2D eigenvalue weighted by Gasteiger charge is -2.32. The van der Waals surface area contributed by atoms with Gasteiger partial charge in [0, 0.05) is 4.75 Å². The van der Waals surface area contributed by atoms with Crippen molar-refractivity contribution >= 4 is 29.4 Å². The Hall–Kier alpha value is -1.83. The molecule has 2 amide bonds. The van der Waals surface area contributed by atoms with Gasteiger partial charge in [0.15, 0.2) is 0 Å². The molecule has 0 bridgehead atoms. The van der Waals surface area contributed by atoms with Gasteiger partial charge in [0.25, 0.3) is 0 Å². The Morgan fingerprint density at radius 3 is 2.44 bits per heavy atom. The van der Waals surface area contributed by atoms with Crippen molar-refractivity contribution in [3.63, 3.8) is 0 Å². The molecule has 1 aliphatic rings. The summed E-state index contributed by atoms with van der Waals surface area (Å²) < 4.78 is 27.4. The number of nitrogens with one attached hydrogen (secondary N) is 1. The first-order chi connectivity index (χ1) is 12.7. The zero-order valence-electron chi connectivity index (χ0n) is 15.8. The molecule has 1 fully saturated rings. The number of hydrogen-bond donors (Lipinski definition) is 2. The number of aliphatic carboxylic acids is 1. The van der Waals surface area contributed by atoms with Crippen LogP contribution in [0.2, 0.25) is 0 Å². The third-order valence-corrected chi connectivity index (χ3v) is 6.35. The van der Waals surface area contributed by atoms with Gasteiger partial charge in [-0.25, -0.2) is 13.6 Å². The van der Waals surface area contributed by atoms with E-state index in [1.54, 1.807) is 0 Å². The van der Waals surface area contributed by atoms with Crippen LogP contribution >= 0.6 is 11.8 Å². The van der Waals surface area contributed by atoms with Crippen molar-refractivity contribution in [2.45, 2.75) is 69.0 Å². The Balaban J connectivity index is 2.29. The molecule has 27 heavy (non-hydrogen) atoms. The molecule has 2 atom stereocenters. The number of carboxylic acid groups (broad SMARTS) is 1. The van der Waals surface area contributed by atoms with E-state index in [0.29, 0.717) is 6.42 Å². The summed E-state index contributed by atoms with van der Waals surface area (Å²) in [5.74, 6) is -2.75. The number of hydrogen-bond acceptors (Lipinski definition) is 3. The number of carbonyl (C=O) groups excluding carboxylic acids is 1. The van der Waals surface area contributed by atoms with Crippen LogP contribution in [0.5, 0.6) is 0 Å². The second kappa shape index (κ2) is 8.91. The molecule has 2 rings (SSSR count). The van der Waals surface area contributed by atoms with Crippen LogP contribution in [0.3, 0.4) is 0 Å². The van der Waals surface area contributed by atoms with E-state index in [4.69, 9.17) is 0 Å². The fourth-order valence-electron chi connectivity index (χ4n) is 3.36. The highest BCUT2D eigenvalue weighted by molar-refractivity contribution is 8.01. The predicted octanol–water partition coefficient (Wildman–Crippen LogP) is 5.07. The minimum absolute atomic E-state index is 0.225. The van der Waals surface area contributed by atoms with Crippen molar-refractivity contribution in [3.8, 4) is 0 Å². The van der Waals surface area contributed by atoms with Crippen LogP contribution < -0.4 is 5.32 Å². The maximum atomic E-state index is 13.9. The number of carbonyl (C=O) groups is 2. The highest BCUT2D eigenvalue weighted by Gasteiger charge is 2.50. The summed E-state index contributed by atoms with van der Waals surface area (Å²) in [6.07, 6.45) is 3.38. The lowest BCUT2D eigenvalue weighted by molar-refractivity contribution is -0.138. The summed E-state index contributed by atoms with van der Waals surface area (Å²) in [5.41, 5.74) is -0.515. The molecule has 8 heteroatoms. The summed E-state index contributed by atoms with van der Waals surface area (Å²) >= 11 is 1.54. The second-order valence-corrected chi connectivity index (χ2v) is 9.05. The van der Waals surface area contributed by atoms with Gasteiger partial charge in [-0.2, -0.15) is 0 Å². The quantitative estimate of drug-likeness (QED) is 0.627. The zero-order valence-corrected chi connectivity index (χ0v) is 16.6. The van der Waals surface area contributed by atoms with Crippen LogP contribution in [-0.4, -0.2) is 38.2 Å². The van der Waals surface area contributed by atoms with Gasteiger partial charge in [-0.3, -0.25) is 4.79 Å². The molecule has 150 valence electrons. The molecule has 1 aromatic rings. The monoisotopic (exact) mass is 400 g/mol. The van der Waals surface area contributed by atoms with E-state index in [1.165, 1.54) is 22.7 Å². The predicted molar refractivity (Wildman–Crippen MR) is 103 cm³/mol. The van der Waals surface area contributed by atoms with Crippen molar-refractivity contribution in [1.29, 1.82) is 0 Å². The fraction of sp³-hybridized carbons (Fsp3) is 0.579. The minimum atomic E-state index is -1.02. The lowest BCUT2D eigenvalue weighted by Crippen LogP contribution is -2.49. The number of carboxylic acids is 1. The third-order valence-electron chi connectivity index (χ3n) is 4.74. The van der Waals surface area contributed by atoms with Crippen LogP contribution in [0.15, 0.2) is 18.2 Å². The van der Waals surface area contributed by atoms with Crippen molar-refractivity contribution in [3.05, 3.63) is 29.8 Å². The molecular weight excluding hydrogens is 374 g/mol. The first kappa shape index (κ1) is 21.5. The number of amides is 2. The number of anilines is 1. The second-order valence-electron chi connectivity index (χ2n) is 7.22. The van der Waals surface area contributed by atoms with Crippen molar-refractivity contribution in [2.24, 2.45) is 0 Å². The summed E-state index contributed by atoms with van der Waals surface area (Å²) in [6.45, 7) is 5.87. The van der Waals surface area contributed by atoms with Gasteiger partial charge in [-0.1, -0.05) is 32.3 Å². The molecule has 1 heterocycles. The first-order valence-electron chi connectivity index (χ1n) is 9.10. The molecule has 2 unspecified atom stereocenters. The highest BCUT2D eigenvalue weighted by Crippen LogP contribution is 2.47. The van der Waals surface area contributed by atoms with Crippen LogP contribution in [0.25, 0.3) is 0 Å². The van der Waals surface area contributed by atoms with Gasteiger partial charge < -0.3 is 15.3 Å². The van der Waals surface area contributed by atoms with E-state index >= 15 is 0 Å². The average Bonchev–Trinajstić information content (AvgIpc) is 2.81. The fourth-order valence-corrected chi connectivity index (χ4v) is 5.06. The van der Waals surface area contributed by atoms with E-state index in [-0.39, 0.29) is 11.8 Å². The van der Waals surface area contributed by atoms with E-state index in [1.807, 2.05) is 13.8 Å². The van der Waals surface area contributed by atoms with E-state index < -0.39 is 40.1 Å². The summed E-state index contributed by atoms with van der Waals surface area (Å²) in [7, 11) is 0. The SMILES string of the molecule is CCCCCC1SC(C)(C)C(CC(=O)O)N1C(=O)Nc1c(F)cccc1F.